The lowest BCUT2D eigenvalue weighted by Crippen LogP contribution is -2.41. The van der Waals surface area contributed by atoms with Crippen molar-refractivity contribution in [3.63, 3.8) is 0 Å². The Morgan fingerprint density at radius 3 is 2.67 bits per heavy atom. The molecule has 0 spiro atoms. The molecule has 0 bridgehead atoms. The highest BCUT2D eigenvalue weighted by atomic mass is 19.3. The minimum absolute atomic E-state index is 0.117. The van der Waals surface area contributed by atoms with E-state index in [0.29, 0.717) is 6.04 Å². The number of nitrogens with zero attached hydrogens (tertiary/aromatic N) is 1. The first-order valence-electron chi connectivity index (χ1n) is 5.81. The molecule has 4 heteroatoms. The monoisotopic (exact) mass is 220 g/mol. The lowest BCUT2D eigenvalue weighted by molar-refractivity contribution is 0.0789. The number of rotatable bonds is 5. The Hall–Kier alpha value is -0.220. The summed E-state index contributed by atoms with van der Waals surface area (Å²) in [6, 6.07) is 0.753. The Morgan fingerprint density at radius 1 is 1.40 bits per heavy atom. The van der Waals surface area contributed by atoms with Crippen LogP contribution in [-0.4, -0.2) is 43.5 Å². The third kappa shape index (κ3) is 4.89. The first-order valence-corrected chi connectivity index (χ1v) is 5.81. The molecule has 0 saturated carbocycles. The lowest BCUT2D eigenvalue weighted by atomic mass is 9.98. The Morgan fingerprint density at radius 2 is 2.13 bits per heavy atom. The summed E-state index contributed by atoms with van der Waals surface area (Å²) in [6.45, 7) is 2.99. The van der Waals surface area contributed by atoms with E-state index in [2.05, 4.69) is 5.32 Å². The molecule has 0 aromatic carbocycles. The molecule has 1 heterocycles. The van der Waals surface area contributed by atoms with Gasteiger partial charge < -0.3 is 5.32 Å². The maximum Gasteiger partial charge on any atom is 0.251 e. The Labute approximate surface area is 91.0 Å². The van der Waals surface area contributed by atoms with Crippen LogP contribution in [0, 0.1) is 0 Å². The number of halogens is 2. The van der Waals surface area contributed by atoms with Crippen LogP contribution in [0.4, 0.5) is 8.78 Å². The zero-order chi connectivity index (χ0) is 11.3. The van der Waals surface area contributed by atoms with Gasteiger partial charge in [-0.15, -0.1) is 0 Å². The molecule has 15 heavy (non-hydrogen) atoms. The van der Waals surface area contributed by atoms with Crippen LogP contribution in [0.3, 0.4) is 0 Å². The quantitative estimate of drug-likeness (QED) is 0.763. The molecule has 0 radical (unpaired) electrons. The van der Waals surface area contributed by atoms with Crippen molar-refractivity contribution in [2.45, 2.75) is 51.1 Å². The molecule has 1 aliphatic heterocycles. The number of piperidine rings is 1. The molecule has 0 aromatic rings. The normalized spacial score (nSPS) is 24.8. The summed E-state index contributed by atoms with van der Waals surface area (Å²) in [6.07, 6.45) is 2.45. The Bertz CT molecular complexity index is 170. The van der Waals surface area contributed by atoms with Gasteiger partial charge >= 0.3 is 0 Å². The van der Waals surface area contributed by atoms with Crippen molar-refractivity contribution >= 4 is 0 Å². The molecular weight excluding hydrogens is 198 g/mol. The second-order valence-electron chi connectivity index (χ2n) is 4.56. The summed E-state index contributed by atoms with van der Waals surface area (Å²) in [5, 5.41) is 3.44. The molecule has 0 amide bonds. The van der Waals surface area contributed by atoms with Gasteiger partial charge in [0, 0.05) is 12.1 Å². The summed E-state index contributed by atoms with van der Waals surface area (Å²) < 4.78 is 24.3. The van der Waals surface area contributed by atoms with Crippen molar-refractivity contribution < 1.29 is 8.78 Å². The topological polar surface area (TPSA) is 15.3 Å². The van der Waals surface area contributed by atoms with Gasteiger partial charge in [0.25, 0.3) is 6.43 Å². The zero-order valence-corrected chi connectivity index (χ0v) is 9.68. The second-order valence-corrected chi connectivity index (χ2v) is 4.56. The molecule has 1 rings (SSSR count). The van der Waals surface area contributed by atoms with E-state index in [-0.39, 0.29) is 12.6 Å². The van der Waals surface area contributed by atoms with E-state index in [4.69, 9.17) is 0 Å². The summed E-state index contributed by atoms with van der Waals surface area (Å²) in [5.41, 5.74) is 0. The number of alkyl halides is 2. The van der Waals surface area contributed by atoms with Crippen molar-refractivity contribution in [2.75, 3.05) is 20.1 Å². The van der Waals surface area contributed by atoms with E-state index >= 15 is 0 Å². The van der Waals surface area contributed by atoms with E-state index in [1.54, 1.807) is 11.9 Å². The highest BCUT2D eigenvalue weighted by molar-refractivity contribution is 4.77. The van der Waals surface area contributed by atoms with Gasteiger partial charge in [0.1, 0.15) is 0 Å². The fourth-order valence-electron chi connectivity index (χ4n) is 2.11. The average molecular weight is 220 g/mol. The lowest BCUT2D eigenvalue weighted by Gasteiger charge is -2.30. The predicted molar refractivity (Wildman–Crippen MR) is 58.4 cm³/mol. The van der Waals surface area contributed by atoms with Gasteiger partial charge in [-0.05, 0) is 39.8 Å². The van der Waals surface area contributed by atoms with E-state index in [0.717, 1.165) is 13.0 Å². The van der Waals surface area contributed by atoms with E-state index in [1.165, 1.54) is 19.3 Å². The largest absolute Gasteiger partial charge is 0.314 e. The molecule has 1 N–H and O–H groups in total. The van der Waals surface area contributed by atoms with Crippen LogP contribution in [0.15, 0.2) is 0 Å². The standard InChI is InChI=1S/C11H22F2N2/c1-9(15(2)8-11(12)13)7-10-5-3-4-6-14-10/h9-11,14H,3-8H2,1-2H3. The average Bonchev–Trinajstić information content (AvgIpc) is 2.18. The van der Waals surface area contributed by atoms with Crippen LogP contribution in [-0.2, 0) is 0 Å². The van der Waals surface area contributed by atoms with Crippen LogP contribution in [0.2, 0.25) is 0 Å². The van der Waals surface area contributed by atoms with Crippen LogP contribution < -0.4 is 5.32 Å². The molecular formula is C11H22F2N2. The summed E-state index contributed by atoms with van der Waals surface area (Å²) >= 11 is 0. The Kier molecular flexibility index (Phi) is 5.47. The first-order chi connectivity index (χ1) is 7.09. The zero-order valence-electron chi connectivity index (χ0n) is 9.68. The smallest absolute Gasteiger partial charge is 0.251 e. The van der Waals surface area contributed by atoms with Crippen molar-refractivity contribution in [3.05, 3.63) is 0 Å². The van der Waals surface area contributed by atoms with Crippen LogP contribution in [0.1, 0.15) is 32.6 Å². The first kappa shape index (κ1) is 12.8. The molecule has 2 nitrogen and oxygen atoms in total. The molecule has 0 aliphatic carbocycles. The van der Waals surface area contributed by atoms with E-state index in [9.17, 15) is 8.78 Å². The molecule has 1 fully saturated rings. The second kappa shape index (κ2) is 6.38. The third-order valence-electron chi connectivity index (χ3n) is 3.22. The summed E-state index contributed by atoms with van der Waals surface area (Å²) in [4.78, 5) is 1.75. The van der Waals surface area contributed by atoms with Gasteiger partial charge in [0.2, 0.25) is 0 Å². The van der Waals surface area contributed by atoms with Gasteiger partial charge in [-0.25, -0.2) is 8.78 Å². The number of hydrogen-bond acceptors (Lipinski definition) is 2. The predicted octanol–water partition coefficient (Wildman–Crippen LogP) is 2.10. The molecule has 1 aliphatic rings. The highest BCUT2D eigenvalue weighted by Crippen LogP contribution is 2.14. The molecule has 0 aromatic heterocycles. The fraction of sp³-hybridized carbons (Fsp3) is 1.00. The minimum Gasteiger partial charge on any atom is -0.314 e. The van der Waals surface area contributed by atoms with E-state index in [1.807, 2.05) is 6.92 Å². The summed E-state index contributed by atoms with van der Waals surface area (Å²) in [7, 11) is 1.78. The maximum atomic E-state index is 12.2. The van der Waals surface area contributed by atoms with Gasteiger partial charge in [0.05, 0.1) is 6.54 Å². The van der Waals surface area contributed by atoms with Crippen molar-refractivity contribution in [1.29, 1.82) is 0 Å². The molecule has 2 atom stereocenters. The maximum absolute atomic E-state index is 12.2. The van der Waals surface area contributed by atoms with Crippen molar-refractivity contribution in [2.24, 2.45) is 0 Å². The van der Waals surface area contributed by atoms with Gasteiger partial charge in [-0.2, -0.15) is 0 Å². The highest BCUT2D eigenvalue weighted by Gasteiger charge is 2.19. The third-order valence-corrected chi connectivity index (χ3v) is 3.22. The molecule has 90 valence electrons. The fourth-order valence-corrected chi connectivity index (χ4v) is 2.11. The molecule has 1 saturated heterocycles. The van der Waals surface area contributed by atoms with Crippen LogP contribution in [0.25, 0.3) is 0 Å². The number of nitrogens with one attached hydrogen (secondary N) is 1. The van der Waals surface area contributed by atoms with Crippen LogP contribution in [0.5, 0.6) is 0 Å². The van der Waals surface area contributed by atoms with Crippen LogP contribution >= 0.6 is 0 Å². The Balaban J connectivity index is 2.23. The van der Waals surface area contributed by atoms with Gasteiger partial charge in [-0.3, -0.25) is 4.90 Å². The van der Waals surface area contributed by atoms with Gasteiger partial charge in [-0.1, -0.05) is 6.42 Å². The van der Waals surface area contributed by atoms with Crippen molar-refractivity contribution in [3.8, 4) is 0 Å². The number of hydrogen-bond donors (Lipinski definition) is 1. The SMILES string of the molecule is CC(CC1CCCCN1)N(C)CC(F)F. The van der Waals surface area contributed by atoms with Crippen molar-refractivity contribution in [1.82, 2.24) is 10.2 Å². The molecule has 2 unspecified atom stereocenters. The minimum atomic E-state index is -2.23. The summed E-state index contributed by atoms with van der Waals surface area (Å²) in [5.74, 6) is 0. The van der Waals surface area contributed by atoms with E-state index < -0.39 is 6.43 Å². The van der Waals surface area contributed by atoms with Gasteiger partial charge in [0.15, 0.2) is 0 Å².